The molecule has 0 bridgehead atoms. The fourth-order valence-corrected chi connectivity index (χ4v) is 3.18. The standard InChI is InChI=1S/C11H9ClO2S/c1-2-6-9-7(12)4-3-5-8(9)15-10(6)11(13)14/h3-5H,2H2,1H3,(H,13,14). The number of hydrogen-bond donors (Lipinski definition) is 1. The van der Waals surface area contributed by atoms with Gasteiger partial charge in [-0.1, -0.05) is 24.6 Å². The van der Waals surface area contributed by atoms with Gasteiger partial charge in [0.25, 0.3) is 0 Å². The van der Waals surface area contributed by atoms with Gasteiger partial charge in [0.2, 0.25) is 0 Å². The van der Waals surface area contributed by atoms with Gasteiger partial charge in [-0.25, -0.2) is 4.79 Å². The summed E-state index contributed by atoms with van der Waals surface area (Å²) in [6, 6.07) is 5.53. The zero-order valence-electron chi connectivity index (χ0n) is 8.08. The van der Waals surface area contributed by atoms with Crippen LogP contribution in [0.15, 0.2) is 18.2 Å². The Morgan fingerprint density at radius 3 is 2.87 bits per heavy atom. The molecule has 1 heterocycles. The first kappa shape index (κ1) is 10.5. The van der Waals surface area contributed by atoms with Crippen molar-refractivity contribution in [3.63, 3.8) is 0 Å². The fraction of sp³-hybridized carbons (Fsp3) is 0.182. The minimum absolute atomic E-state index is 0.403. The van der Waals surface area contributed by atoms with Gasteiger partial charge < -0.3 is 5.11 Å². The van der Waals surface area contributed by atoms with Crippen molar-refractivity contribution < 1.29 is 9.90 Å². The van der Waals surface area contributed by atoms with Crippen LogP contribution in [0.2, 0.25) is 5.02 Å². The lowest BCUT2D eigenvalue weighted by Gasteiger charge is -1.98. The van der Waals surface area contributed by atoms with E-state index in [1.807, 2.05) is 19.1 Å². The first-order valence-corrected chi connectivity index (χ1v) is 5.77. The van der Waals surface area contributed by atoms with E-state index in [1.165, 1.54) is 11.3 Å². The third-order valence-electron chi connectivity index (χ3n) is 2.31. The number of aromatic carboxylic acids is 1. The van der Waals surface area contributed by atoms with Crippen LogP contribution < -0.4 is 0 Å². The molecule has 0 aliphatic rings. The molecule has 0 aliphatic carbocycles. The maximum Gasteiger partial charge on any atom is 0.346 e. The molecule has 0 atom stereocenters. The molecule has 1 aromatic carbocycles. The Morgan fingerprint density at radius 1 is 1.53 bits per heavy atom. The van der Waals surface area contributed by atoms with Crippen LogP contribution in [0.3, 0.4) is 0 Å². The molecule has 0 amide bonds. The summed E-state index contributed by atoms with van der Waals surface area (Å²) in [6.45, 7) is 1.94. The van der Waals surface area contributed by atoms with Crippen LogP contribution in [0.5, 0.6) is 0 Å². The zero-order valence-corrected chi connectivity index (χ0v) is 9.65. The number of hydrogen-bond acceptors (Lipinski definition) is 2. The average Bonchev–Trinajstić information content (AvgIpc) is 2.57. The van der Waals surface area contributed by atoms with E-state index in [1.54, 1.807) is 6.07 Å². The molecular weight excluding hydrogens is 232 g/mol. The van der Waals surface area contributed by atoms with Crippen LogP contribution in [0.1, 0.15) is 22.2 Å². The van der Waals surface area contributed by atoms with Crippen molar-refractivity contribution in [3.8, 4) is 0 Å². The number of carboxylic acids is 1. The van der Waals surface area contributed by atoms with Crippen molar-refractivity contribution >= 4 is 39.0 Å². The number of halogens is 1. The molecule has 2 rings (SSSR count). The lowest BCUT2D eigenvalue weighted by atomic mass is 10.1. The van der Waals surface area contributed by atoms with E-state index in [0.29, 0.717) is 16.3 Å². The molecule has 78 valence electrons. The number of aryl methyl sites for hydroxylation is 1. The van der Waals surface area contributed by atoms with Crippen LogP contribution in [0.25, 0.3) is 10.1 Å². The molecule has 0 aliphatic heterocycles. The second-order valence-corrected chi connectivity index (χ2v) is 4.64. The summed E-state index contributed by atoms with van der Waals surface area (Å²) in [5.41, 5.74) is 0.841. The summed E-state index contributed by atoms with van der Waals surface area (Å²) in [7, 11) is 0. The quantitative estimate of drug-likeness (QED) is 0.867. The monoisotopic (exact) mass is 240 g/mol. The average molecular weight is 241 g/mol. The SMILES string of the molecule is CCc1c(C(=O)O)sc2cccc(Cl)c12. The maximum atomic E-state index is 11.0. The summed E-state index contributed by atoms with van der Waals surface area (Å²) in [4.78, 5) is 11.4. The van der Waals surface area contributed by atoms with Gasteiger partial charge in [-0.05, 0) is 24.1 Å². The second kappa shape index (κ2) is 3.83. The van der Waals surface area contributed by atoms with Gasteiger partial charge in [0.15, 0.2) is 0 Å². The highest BCUT2D eigenvalue weighted by atomic mass is 35.5. The van der Waals surface area contributed by atoms with E-state index < -0.39 is 5.97 Å². The normalized spacial score (nSPS) is 10.8. The topological polar surface area (TPSA) is 37.3 Å². The Balaban J connectivity index is 2.86. The summed E-state index contributed by atoms with van der Waals surface area (Å²) in [5.74, 6) is -0.871. The first-order valence-electron chi connectivity index (χ1n) is 4.58. The third-order valence-corrected chi connectivity index (χ3v) is 3.81. The molecule has 1 aromatic heterocycles. The molecular formula is C11H9ClO2S. The van der Waals surface area contributed by atoms with Crippen molar-refractivity contribution in [3.05, 3.63) is 33.7 Å². The zero-order chi connectivity index (χ0) is 11.0. The maximum absolute atomic E-state index is 11.0. The van der Waals surface area contributed by atoms with Gasteiger partial charge in [-0.3, -0.25) is 0 Å². The minimum Gasteiger partial charge on any atom is -0.477 e. The number of rotatable bonds is 2. The predicted octanol–water partition coefficient (Wildman–Crippen LogP) is 3.82. The Morgan fingerprint density at radius 2 is 2.27 bits per heavy atom. The predicted molar refractivity (Wildman–Crippen MR) is 63.2 cm³/mol. The number of thiophene rings is 1. The number of carbonyl (C=O) groups is 1. The number of carboxylic acid groups (broad SMARTS) is 1. The molecule has 0 saturated heterocycles. The largest absolute Gasteiger partial charge is 0.477 e. The lowest BCUT2D eigenvalue weighted by molar-refractivity contribution is 0.0701. The van der Waals surface area contributed by atoms with Gasteiger partial charge in [0.05, 0.1) is 0 Å². The highest BCUT2D eigenvalue weighted by Gasteiger charge is 2.17. The van der Waals surface area contributed by atoms with Crippen molar-refractivity contribution in [1.82, 2.24) is 0 Å². The van der Waals surface area contributed by atoms with Crippen molar-refractivity contribution in [2.75, 3.05) is 0 Å². The van der Waals surface area contributed by atoms with Crippen molar-refractivity contribution in [2.45, 2.75) is 13.3 Å². The number of fused-ring (bicyclic) bond motifs is 1. The van der Waals surface area contributed by atoms with Gasteiger partial charge in [0.1, 0.15) is 4.88 Å². The molecule has 0 fully saturated rings. The van der Waals surface area contributed by atoms with Crippen LogP contribution in [-0.4, -0.2) is 11.1 Å². The lowest BCUT2D eigenvalue weighted by Crippen LogP contribution is -1.96. The van der Waals surface area contributed by atoms with Gasteiger partial charge >= 0.3 is 5.97 Å². The smallest absolute Gasteiger partial charge is 0.346 e. The molecule has 4 heteroatoms. The number of benzene rings is 1. The fourth-order valence-electron chi connectivity index (χ4n) is 1.68. The van der Waals surface area contributed by atoms with Crippen molar-refractivity contribution in [1.29, 1.82) is 0 Å². The highest BCUT2D eigenvalue weighted by Crippen LogP contribution is 2.36. The van der Waals surface area contributed by atoms with E-state index in [2.05, 4.69) is 0 Å². The summed E-state index contributed by atoms with van der Waals surface area (Å²) >= 11 is 7.36. The molecule has 0 unspecified atom stereocenters. The highest BCUT2D eigenvalue weighted by molar-refractivity contribution is 7.21. The minimum atomic E-state index is -0.871. The van der Waals surface area contributed by atoms with E-state index >= 15 is 0 Å². The van der Waals surface area contributed by atoms with Gasteiger partial charge in [0, 0.05) is 15.1 Å². The van der Waals surface area contributed by atoms with Crippen molar-refractivity contribution in [2.24, 2.45) is 0 Å². The van der Waals surface area contributed by atoms with Gasteiger partial charge in [-0.2, -0.15) is 0 Å². The third kappa shape index (κ3) is 1.62. The van der Waals surface area contributed by atoms with Crippen LogP contribution >= 0.6 is 22.9 Å². The summed E-state index contributed by atoms with van der Waals surface area (Å²) in [6.07, 6.45) is 0.686. The first-order chi connectivity index (χ1) is 7.15. The van der Waals surface area contributed by atoms with E-state index in [-0.39, 0.29) is 0 Å². The Labute approximate surface area is 96.1 Å². The Kier molecular flexibility index (Phi) is 2.67. The van der Waals surface area contributed by atoms with E-state index in [9.17, 15) is 4.79 Å². The van der Waals surface area contributed by atoms with Crippen LogP contribution in [0.4, 0.5) is 0 Å². The molecule has 0 saturated carbocycles. The molecule has 0 radical (unpaired) electrons. The second-order valence-electron chi connectivity index (χ2n) is 3.18. The van der Waals surface area contributed by atoms with Crippen LogP contribution in [0, 0.1) is 0 Å². The van der Waals surface area contributed by atoms with E-state index in [4.69, 9.17) is 16.7 Å². The molecule has 1 N–H and O–H groups in total. The van der Waals surface area contributed by atoms with Gasteiger partial charge in [-0.15, -0.1) is 11.3 Å². The molecule has 2 aromatic rings. The van der Waals surface area contributed by atoms with E-state index in [0.717, 1.165) is 15.6 Å². The summed E-state index contributed by atoms with van der Waals surface area (Å²) < 4.78 is 0.941. The molecule has 0 spiro atoms. The summed E-state index contributed by atoms with van der Waals surface area (Å²) in [5, 5.41) is 10.6. The Bertz CT molecular complexity index is 531. The molecule has 15 heavy (non-hydrogen) atoms. The Hall–Kier alpha value is -1.06. The van der Waals surface area contributed by atoms with Crippen LogP contribution in [-0.2, 0) is 6.42 Å². The molecule has 2 nitrogen and oxygen atoms in total.